The molecule has 0 bridgehead atoms. The van der Waals surface area contributed by atoms with Gasteiger partial charge in [0.2, 0.25) is 5.91 Å². The monoisotopic (exact) mass is 964 g/mol. The van der Waals surface area contributed by atoms with E-state index < -0.39 is 20.0 Å². The van der Waals surface area contributed by atoms with Crippen molar-refractivity contribution in [3.63, 3.8) is 0 Å². The Kier molecular flexibility index (Phi) is 46.3. The Balaban J connectivity index is 4.30. The van der Waals surface area contributed by atoms with Crippen molar-refractivity contribution < 1.29 is 32.9 Å². The quantitative estimate of drug-likeness (QED) is 0.0243. The highest BCUT2D eigenvalue weighted by molar-refractivity contribution is 7.47. The van der Waals surface area contributed by atoms with E-state index in [1.807, 2.05) is 27.2 Å². The SMILES string of the molecule is CC/C=C\C/C=C\C/C=C\C/C=C\C/C=C\C/C=C\C/C=C\C/C=C\C/C=C\CCCCCCCC(=O)NC(COP(=O)(O)OCC[N+](C)(C)C)C(O)/C=C/CC/C=C/CCCCCCCCC. The maximum atomic E-state index is 12.9. The molecule has 9 heteroatoms. The van der Waals surface area contributed by atoms with Gasteiger partial charge in [-0.15, -0.1) is 0 Å². The summed E-state index contributed by atoms with van der Waals surface area (Å²) < 4.78 is 23.6. The van der Waals surface area contributed by atoms with Crippen LogP contribution in [-0.2, 0) is 18.4 Å². The fraction of sp³-hybridized carbons (Fsp3) is 0.610. The van der Waals surface area contributed by atoms with Gasteiger partial charge >= 0.3 is 7.82 Å². The maximum Gasteiger partial charge on any atom is 0.472 e. The van der Waals surface area contributed by atoms with E-state index in [2.05, 4.69) is 141 Å². The second-order valence-corrected chi connectivity index (χ2v) is 20.0. The van der Waals surface area contributed by atoms with Gasteiger partial charge in [-0.2, -0.15) is 0 Å². The number of unbranched alkanes of at least 4 members (excludes halogenated alkanes) is 13. The van der Waals surface area contributed by atoms with Crippen LogP contribution in [0.2, 0.25) is 0 Å². The average Bonchev–Trinajstić information content (AvgIpc) is 3.30. The zero-order chi connectivity index (χ0) is 49.9. The summed E-state index contributed by atoms with van der Waals surface area (Å²) in [7, 11) is 1.52. The minimum Gasteiger partial charge on any atom is -0.387 e. The third kappa shape index (κ3) is 50.5. The lowest BCUT2D eigenvalue weighted by Crippen LogP contribution is -2.45. The molecule has 0 saturated carbocycles. The van der Waals surface area contributed by atoms with E-state index in [1.54, 1.807) is 6.08 Å². The zero-order valence-corrected chi connectivity index (χ0v) is 44.7. The first-order valence-corrected chi connectivity index (χ1v) is 28.1. The van der Waals surface area contributed by atoms with Crippen LogP contribution in [0, 0.1) is 0 Å². The number of amides is 1. The number of carbonyl (C=O) groups is 1. The smallest absolute Gasteiger partial charge is 0.387 e. The molecule has 0 rings (SSSR count). The summed E-state index contributed by atoms with van der Waals surface area (Å²) in [6, 6.07) is -0.883. The van der Waals surface area contributed by atoms with Crippen molar-refractivity contribution >= 4 is 13.7 Å². The molecule has 0 aromatic carbocycles. The van der Waals surface area contributed by atoms with Crippen molar-refractivity contribution in [2.45, 2.75) is 193 Å². The van der Waals surface area contributed by atoms with Gasteiger partial charge in [0.15, 0.2) is 0 Å². The lowest BCUT2D eigenvalue weighted by Gasteiger charge is -2.25. The van der Waals surface area contributed by atoms with E-state index in [-0.39, 0.29) is 19.1 Å². The molecule has 0 spiro atoms. The number of allylic oxidation sites excluding steroid dienone is 21. The van der Waals surface area contributed by atoms with Gasteiger partial charge in [-0.05, 0) is 103 Å². The van der Waals surface area contributed by atoms with Crippen molar-refractivity contribution in [1.82, 2.24) is 5.32 Å². The molecule has 3 atom stereocenters. The van der Waals surface area contributed by atoms with Gasteiger partial charge < -0.3 is 19.8 Å². The second kappa shape index (κ2) is 48.7. The van der Waals surface area contributed by atoms with Gasteiger partial charge in [-0.25, -0.2) is 4.57 Å². The minimum atomic E-state index is -4.36. The Morgan fingerprint density at radius 3 is 1.35 bits per heavy atom. The number of phosphoric acid groups is 1. The Morgan fingerprint density at radius 2 is 0.897 bits per heavy atom. The fourth-order valence-electron chi connectivity index (χ4n) is 6.69. The number of nitrogens with zero attached hydrogens (tertiary/aromatic N) is 1. The van der Waals surface area contributed by atoms with Crippen LogP contribution in [0.3, 0.4) is 0 Å². The van der Waals surface area contributed by atoms with Gasteiger partial charge in [-0.3, -0.25) is 13.8 Å². The molecule has 68 heavy (non-hydrogen) atoms. The zero-order valence-electron chi connectivity index (χ0n) is 43.8. The molecule has 0 aliphatic heterocycles. The highest BCUT2D eigenvalue weighted by atomic mass is 31.2. The largest absolute Gasteiger partial charge is 0.472 e. The summed E-state index contributed by atoms with van der Waals surface area (Å²) >= 11 is 0. The number of carbonyl (C=O) groups excluding carboxylic acids is 1. The van der Waals surface area contributed by atoms with Crippen molar-refractivity contribution in [3.05, 3.63) is 134 Å². The van der Waals surface area contributed by atoms with Crippen molar-refractivity contribution in [1.29, 1.82) is 0 Å². The van der Waals surface area contributed by atoms with E-state index in [0.717, 1.165) is 116 Å². The van der Waals surface area contributed by atoms with Gasteiger partial charge in [-0.1, -0.05) is 205 Å². The van der Waals surface area contributed by atoms with Crippen molar-refractivity contribution in [2.75, 3.05) is 40.9 Å². The van der Waals surface area contributed by atoms with Crippen LogP contribution >= 0.6 is 7.82 Å². The molecule has 0 aromatic rings. The molecule has 3 N–H and O–H groups in total. The normalized spacial score (nSPS) is 15.1. The molecule has 0 saturated heterocycles. The van der Waals surface area contributed by atoms with Crippen LogP contribution < -0.4 is 5.32 Å². The number of likely N-dealkylation sites (N-methyl/N-ethyl adjacent to an activating group) is 1. The van der Waals surface area contributed by atoms with E-state index in [4.69, 9.17) is 9.05 Å². The molecule has 3 unspecified atom stereocenters. The minimum absolute atomic E-state index is 0.0443. The van der Waals surface area contributed by atoms with Crippen LogP contribution in [0.15, 0.2) is 134 Å². The second-order valence-electron chi connectivity index (χ2n) is 18.5. The number of phosphoric ester groups is 1. The first kappa shape index (κ1) is 64.6. The topological polar surface area (TPSA) is 105 Å². The lowest BCUT2D eigenvalue weighted by atomic mass is 10.1. The van der Waals surface area contributed by atoms with Crippen LogP contribution in [-0.4, -0.2) is 73.4 Å². The third-order valence-corrected chi connectivity index (χ3v) is 11.8. The molecular formula is C59H100N2O6P+. The number of hydrogen-bond acceptors (Lipinski definition) is 5. The first-order valence-electron chi connectivity index (χ1n) is 26.6. The summed E-state index contributed by atoms with van der Waals surface area (Å²) in [4.78, 5) is 23.2. The van der Waals surface area contributed by atoms with Crippen LogP contribution in [0.4, 0.5) is 0 Å². The third-order valence-electron chi connectivity index (χ3n) is 10.9. The van der Waals surface area contributed by atoms with Crippen molar-refractivity contribution in [3.8, 4) is 0 Å². The molecule has 386 valence electrons. The molecule has 0 aliphatic rings. The lowest BCUT2D eigenvalue weighted by molar-refractivity contribution is -0.870. The summed E-state index contributed by atoms with van der Waals surface area (Å²) in [6.45, 7) is 4.62. The number of quaternary nitrogens is 1. The van der Waals surface area contributed by atoms with Crippen LogP contribution in [0.5, 0.6) is 0 Å². The van der Waals surface area contributed by atoms with E-state index in [1.165, 1.54) is 44.9 Å². The molecule has 0 fully saturated rings. The van der Waals surface area contributed by atoms with Gasteiger partial charge in [0.1, 0.15) is 13.2 Å². The highest BCUT2D eigenvalue weighted by Gasteiger charge is 2.27. The Morgan fingerprint density at radius 1 is 0.515 bits per heavy atom. The van der Waals surface area contributed by atoms with E-state index in [9.17, 15) is 19.4 Å². The molecule has 1 amide bonds. The highest BCUT2D eigenvalue weighted by Crippen LogP contribution is 2.43. The van der Waals surface area contributed by atoms with Gasteiger partial charge in [0, 0.05) is 6.42 Å². The van der Waals surface area contributed by atoms with E-state index in [0.29, 0.717) is 17.4 Å². The molecule has 0 aromatic heterocycles. The number of aliphatic hydroxyl groups excluding tert-OH is 1. The summed E-state index contributed by atoms with van der Waals surface area (Å²) in [5.74, 6) is -0.213. The Hall–Kier alpha value is -3.36. The average molecular weight is 964 g/mol. The number of nitrogens with one attached hydrogen (secondary N) is 1. The Labute approximate surface area is 417 Å². The fourth-order valence-corrected chi connectivity index (χ4v) is 7.43. The number of rotatable bonds is 46. The summed E-state index contributed by atoms with van der Waals surface area (Å²) in [5.41, 5.74) is 0. The molecule has 0 radical (unpaired) electrons. The Bertz CT molecular complexity index is 1560. The molecule has 0 heterocycles. The van der Waals surface area contributed by atoms with Crippen molar-refractivity contribution in [2.24, 2.45) is 0 Å². The number of hydrogen-bond donors (Lipinski definition) is 3. The van der Waals surface area contributed by atoms with Crippen LogP contribution in [0.1, 0.15) is 181 Å². The molecular weight excluding hydrogens is 864 g/mol. The standard InChI is InChI=1S/C59H99N2O6P/c1-6-8-10-12-14-16-18-20-21-22-23-24-25-26-27-28-29-30-31-32-33-34-35-36-37-38-39-41-43-45-47-49-51-53-59(63)60-57(56-67-68(64,65)66-55-54-61(3,4)5)58(62)52-50-48-46-44-42-40-19-17-15-13-11-9-7-2/h8,10,14,16,20-21,23-24,26-27,29-30,32-33,35-36,38-39,42,44,50,52,57-58,62H,6-7,9,11-13,15,17-19,22,25,28,31,34,37,40-41,43,45-49,51,53-56H2,1-5H3,(H-,60,63,64,65)/p+1/b10-8-,16-14-,21-20-,24-23-,27-26-,30-29-,33-32-,36-35-,39-38-,44-42+,52-50+. The summed E-state index contributed by atoms with van der Waals surface area (Å²) in [5, 5.41) is 13.8. The van der Waals surface area contributed by atoms with Gasteiger partial charge in [0.05, 0.1) is 39.9 Å². The first-order chi connectivity index (χ1) is 33.0. The molecule has 0 aliphatic carbocycles. The number of aliphatic hydroxyl groups is 1. The van der Waals surface area contributed by atoms with E-state index >= 15 is 0 Å². The van der Waals surface area contributed by atoms with Gasteiger partial charge in [0.25, 0.3) is 0 Å². The van der Waals surface area contributed by atoms with Crippen LogP contribution in [0.25, 0.3) is 0 Å². The predicted molar refractivity (Wildman–Crippen MR) is 294 cm³/mol. The predicted octanol–water partition coefficient (Wildman–Crippen LogP) is 16.0. The maximum absolute atomic E-state index is 12.9. The summed E-state index contributed by atoms with van der Waals surface area (Å²) in [6.07, 6.45) is 74.0. The molecule has 8 nitrogen and oxygen atoms in total.